The zero-order chi connectivity index (χ0) is 9.03. The molecule has 0 aromatic rings. The summed E-state index contributed by atoms with van der Waals surface area (Å²) in [6, 6.07) is 0. The van der Waals surface area contributed by atoms with E-state index in [0.29, 0.717) is 13.2 Å². The van der Waals surface area contributed by atoms with Crippen LogP contribution in [0.25, 0.3) is 0 Å². The van der Waals surface area contributed by atoms with E-state index < -0.39 is 9.92 Å². The Bertz CT molecular complexity index is 221. The summed E-state index contributed by atoms with van der Waals surface area (Å²) >= 11 is 0. The van der Waals surface area contributed by atoms with Gasteiger partial charge in [-0.25, -0.2) is 13.7 Å². The van der Waals surface area contributed by atoms with Crippen LogP contribution in [0.5, 0.6) is 0 Å². The predicted octanol–water partition coefficient (Wildman–Crippen LogP) is -0.844. The van der Waals surface area contributed by atoms with E-state index in [1.54, 1.807) is 0 Å². The second-order valence-corrected chi connectivity index (χ2v) is 4.86. The Morgan fingerprint density at radius 1 is 1.83 bits per heavy atom. The molecule has 2 atom stereocenters. The van der Waals surface area contributed by atoms with Gasteiger partial charge in [-0.1, -0.05) is 0 Å². The van der Waals surface area contributed by atoms with E-state index in [4.69, 9.17) is 9.52 Å². The van der Waals surface area contributed by atoms with Crippen LogP contribution in [0, 0.1) is 4.78 Å². The molecule has 0 aromatic carbocycles. The van der Waals surface area contributed by atoms with E-state index in [1.165, 1.54) is 6.26 Å². The molecule has 0 saturated carbocycles. The van der Waals surface area contributed by atoms with E-state index in [9.17, 15) is 4.21 Å². The van der Waals surface area contributed by atoms with Gasteiger partial charge >= 0.3 is 0 Å². The highest BCUT2D eigenvalue weighted by atomic mass is 32.2. The molecule has 1 fully saturated rings. The van der Waals surface area contributed by atoms with Gasteiger partial charge in [0.1, 0.15) is 9.92 Å². The number of hydrogen-bond acceptors (Lipinski definition) is 4. The molecular formula is C6H15N3O2S. The summed E-state index contributed by atoms with van der Waals surface area (Å²) in [7, 11) is -2.58. The highest BCUT2D eigenvalue weighted by Crippen LogP contribution is 1.94. The van der Waals surface area contributed by atoms with E-state index in [1.807, 2.05) is 0 Å². The van der Waals surface area contributed by atoms with Crippen molar-refractivity contribution in [2.24, 2.45) is 0 Å². The van der Waals surface area contributed by atoms with E-state index in [-0.39, 0.29) is 6.10 Å². The van der Waals surface area contributed by atoms with Gasteiger partial charge in [0.15, 0.2) is 0 Å². The van der Waals surface area contributed by atoms with Crippen molar-refractivity contribution in [1.29, 1.82) is 4.78 Å². The highest BCUT2D eigenvalue weighted by Gasteiger charge is 2.13. The summed E-state index contributed by atoms with van der Waals surface area (Å²) in [6.45, 7) is 2.81. The third-order valence-corrected chi connectivity index (χ3v) is 2.31. The fraction of sp³-hybridized carbons (Fsp3) is 1.00. The first-order chi connectivity index (χ1) is 5.58. The molecule has 0 spiro atoms. The minimum absolute atomic E-state index is 0.0462. The fourth-order valence-electron chi connectivity index (χ4n) is 1.00. The first kappa shape index (κ1) is 9.91. The van der Waals surface area contributed by atoms with Crippen molar-refractivity contribution in [3.63, 3.8) is 0 Å². The Morgan fingerprint density at radius 2 is 2.58 bits per heavy atom. The number of morpholine rings is 1. The molecule has 1 saturated heterocycles. The summed E-state index contributed by atoms with van der Waals surface area (Å²) in [5.74, 6) is 0. The Morgan fingerprint density at radius 3 is 3.08 bits per heavy atom. The van der Waals surface area contributed by atoms with Crippen LogP contribution in [-0.4, -0.2) is 42.8 Å². The molecule has 12 heavy (non-hydrogen) atoms. The largest absolute Gasteiger partial charge is 0.374 e. The maximum Gasteiger partial charge on any atom is 0.102 e. The molecule has 1 aliphatic heterocycles. The minimum Gasteiger partial charge on any atom is -0.374 e. The van der Waals surface area contributed by atoms with Crippen molar-refractivity contribution in [2.75, 3.05) is 32.5 Å². The molecular weight excluding hydrogens is 178 g/mol. The van der Waals surface area contributed by atoms with Gasteiger partial charge in [-0.05, 0) is 0 Å². The van der Waals surface area contributed by atoms with Crippen molar-refractivity contribution < 1.29 is 8.95 Å². The van der Waals surface area contributed by atoms with Crippen molar-refractivity contribution >= 4 is 9.92 Å². The topological polar surface area (TPSA) is 74.2 Å². The van der Waals surface area contributed by atoms with Crippen molar-refractivity contribution in [3.05, 3.63) is 0 Å². The summed E-state index contributed by atoms with van der Waals surface area (Å²) in [4.78, 5) is 0. The molecule has 0 radical (unpaired) electrons. The van der Waals surface area contributed by atoms with Gasteiger partial charge in [0.05, 0.1) is 12.7 Å². The number of rotatable bonds is 3. The summed E-state index contributed by atoms with van der Waals surface area (Å²) < 4.78 is 26.0. The number of nitrogens with one attached hydrogen (secondary N) is 3. The van der Waals surface area contributed by atoms with Crippen LogP contribution in [-0.2, 0) is 14.7 Å². The second-order valence-electron chi connectivity index (χ2n) is 2.89. The summed E-state index contributed by atoms with van der Waals surface area (Å²) in [5, 5.41) is 3.15. The standard InChI is InChI=1S/C6H15N3O2S/c1-12(7,10)9-5-6-4-8-2-3-11-6/h6,8H,2-5H2,1H3,(H2,7,9,10)/t6-,12?/m0/s1. The van der Waals surface area contributed by atoms with Gasteiger partial charge in [0.2, 0.25) is 0 Å². The number of ether oxygens (including phenoxy) is 1. The lowest BCUT2D eigenvalue weighted by atomic mass is 10.3. The second kappa shape index (κ2) is 4.18. The van der Waals surface area contributed by atoms with E-state index in [2.05, 4.69) is 10.0 Å². The van der Waals surface area contributed by atoms with E-state index in [0.717, 1.165) is 13.1 Å². The maximum atomic E-state index is 10.9. The highest BCUT2D eigenvalue weighted by molar-refractivity contribution is 7.89. The van der Waals surface area contributed by atoms with Crippen LogP contribution in [0.2, 0.25) is 0 Å². The Kier molecular flexibility index (Phi) is 3.45. The fourth-order valence-corrected chi connectivity index (χ4v) is 1.51. The molecule has 6 heteroatoms. The molecule has 0 aliphatic carbocycles. The molecule has 1 aliphatic rings. The zero-order valence-corrected chi connectivity index (χ0v) is 7.95. The van der Waals surface area contributed by atoms with Gasteiger partial charge in [-0.15, -0.1) is 0 Å². The molecule has 1 unspecified atom stereocenters. The molecule has 1 heterocycles. The van der Waals surface area contributed by atoms with Crippen LogP contribution < -0.4 is 10.0 Å². The maximum absolute atomic E-state index is 10.9. The van der Waals surface area contributed by atoms with Crippen LogP contribution in [0.15, 0.2) is 0 Å². The normalized spacial score (nSPS) is 29.6. The van der Waals surface area contributed by atoms with Crippen LogP contribution >= 0.6 is 0 Å². The third kappa shape index (κ3) is 4.01. The lowest BCUT2D eigenvalue weighted by Gasteiger charge is -2.23. The monoisotopic (exact) mass is 193 g/mol. The number of hydrogen-bond donors (Lipinski definition) is 3. The molecule has 3 N–H and O–H groups in total. The van der Waals surface area contributed by atoms with Gasteiger partial charge in [-0.3, -0.25) is 0 Å². The summed E-state index contributed by atoms with van der Waals surface area (Å²) in [6.07, 6.45) is 1.41. The van der Waals surface area contributed by atoms with Crippen molar-refractivity contribution in [2.45, 2.75) is 6.10 Å². The van der Waals surface area contributed by atoms with Crippen LogP contribution in [0.3, 0.4) is 0 Å². The SMILES string of the molecule is CS(=N)(=O)NC[C@@H]1CNCCO1. The Balaban J connectivity index is 2.22. The van der Waals surface area contributed by atoms with Gasteiger partial charge in [0, 0.05) is 25.9 Å². The quantitative estimate of drug-likeness (QED) is 0.547. The van der Waals surface area contributed by atoms with Gasteiger partial charge in [-0.2, -0.15) is 0 Å². The first-order valence-corrected chi connectivity index (χ1v) is 5.85. The average Bonchev–Trinajstić information content (AvgIpc) is 2.02. The summed E-state index contributed by atoms with van der Waals surface area (Å²) in [5.41, 5.74) is 0. The van der Waals surface area contributed by atoms with Crippen molar-refractivity contribution in [1.82, 2.24) is 10.0 Å². The Labute approximate surface area is 73.0 Å². The molecule has 0 bridgehead atoms. The van der Waals surface area contributed by atoms with Crippen LogP contribution in [0.1, 0.15) is 0 Å². The predicted molar refractivity (Wildman–Crippen MR) is 47.4 cm³/mol. The molecule has 72 valence electrons. The smallest absolute Gasteiger partial charge is 0.102 e. The zero-order valence-electron chi connectivity index (χ0n) is 7.13. The average molecular weight is 193 g/mol. The molecule has 0 aromatic heterocycles. The Hall–Kier alpha value is -0.170. The van der Waals surface area contributed by atoms with Gasteiger partial charge in [0.25, 0.3) is 0 Å². The molecule has 5 nitrogen and oxygen atoms in total. The molecule has 0 amide bonds. The first-order valence-electron chi connectivity index (χ1n) is 3.88. The van der Waals surface area contributed by atoms with Crippen molar-refractivity contribution in [3.8, 4) is 0 Å². The third-order valence-electron chi connectivity index (χ3n) is 1.59. The molecule has 1 rings (SSSR count). The lowest BCUT2D eigenvalue weighted by Crippen LogP contribution is -2.44. The van der Waals surface area contributed by atoms with Crippen LogP contribution in [0.4, 0.5) is 0 Å². The van der Waals surface area contributed by atoms with Gasteiger partial charge < -0.3 is 10.1 Å². The van der Waals surface area contributed by atoms with E-state index >= 15 is 0 Å². The lowest BCUT2D eigenvalue weighted by molar-refractivity contribution is 0.0325. The minimum atomic E-state index is -2.58.